The monoisotopic (exact) mass is 347 g/mol. The van der Waals surface area contributed by atoms with E-state index in [1.165, 1.54) is 12.1 Å². The molecular formula is C21H17NO4. The van der Waals surface area contributed by atoms with Crippen LogP contribution in [0, 0.1) is 0 Å². The number of phenolic OH excluding ortho intramolecular Hbond substituents is 1. The van der Waals surface area contributed by atoms with E-state index in [1.807, 2.05) is 30.3 Å². The van der Waals surface area contributed by atoms with Crippen LogP contribution in [0.2, 0.25) is 0 Å². The van der Waals surface area contributed by atoms with Gasteiger partial charge in [-0.1, -0.05) is 36.9 Å². The van der Waals surface area contributed by atoms with E-state index < -0.39 is 11.6 Å². The number of esters is 1. The summed E-state index contributed by atoms with van der Waals surface area (Å²) >= 11 is 0. The van der Waals surface area contributed by atoms with Crippen LogP contribution < -0.4 is 5.56 Å². The lowest BCUT2D eigenvalue weighted by molar-refractivity contribution is -0.148. The van der Waals surface area contributed by atoms with Gasteiger partial charge in [0, 0.05) is 23.4 Å². The summed E-state index contributed by atoms with van der Waals surface area (Å²) in [6.07, 6.45) is 0.316. The number of hydrogen-bond donors (Lipinski definition) is 1. The van der Waals surface area contributed by atoms with E-state index in [9.17, 15) is 14.7 Å². The molecule has 1 fully saturated rings. The Morgan fingerprint density at radius 1 is 1.08 bits per heavy atom. The van der Waals surface area contributed by atoms with Crippen LogP contribution in [-0.4, -0.2) is 15.6 Å². The fraction of sp³-hybridized carbons (Fsp3) is 0.143. The van der Waals surface area contributed by atoms with Crippen molar-refractivity contribution in [2.24, 2.45) is 0 Å². The highest BCUT2D eigenvalue weighted by Gasteiger charge is 2.45. The predicted octanol–water partition coefficient (Wildman–Crippen LogP) is 3.11. The number of ether oxygens (including phenoxy) is 1. The molecule has 0 bridgehead atoms. The van der Waals surface area contributed by atoms with Gasteiger partial charge in [-0.3, -0.25) is 4.79 Å². The summed E-state index contributed by atoms with van der Waals surface area (Å²) in [5.74, 6) is -0.319. The zero-order valence-corrected chi connectivity index (χ0v) is 14.0. The van der Waals surface area contributed by atoms with Crippen molar-refractivity contribution >= 4 is 16.9 Å². The van der Waals surface area contributed by atoms with E-state index in [2.05, 4.69) is 6.58 Å². The second-order valence-electron chi connectivity index (χ2n) is 6.53. The van der Waals surface area contributed by atoms with Gasteiger partial charge in [0.2, 0.25) is 0 Å². The number of nitrogens with zero attached hydrogens (tertiary/aromatic N) is 1. The van der Waals surface area contributed by atoms with Crippen LogP contribution in [0.1, 0.15) is 12.0 Å². The lowest BCUT2D eigenvalue weighted by atomic mass is 9.89. The number of carbonyl (C=O) groups is 1. The zero-order chi connectivity index (χ0) is 18.3. The first-order valence-corrected chi connectivity index (χ1v) is 8.28. The molecule has 0 radical (unpaired) electrons. The van der Waals surface area contributed by atoms with Crippen LogP contribution in [0.5, 0.6) is 5.75 Å². The normalized spacial score (nSPS) is 19.7. The van der Waals surface area contributed by atoms with Gasteiger partial charge in [0.25, 0.3) is 5.56 Å². The topological polar surface area (TPSA) is 68.5 Å². The van der Waals surface area contributed by atoms with Crippen LogP contribution in [0.25, 0.3) is 10.9 Å². The number of aromatic nitrogens is 1. The number of benzene rings is 2. The second-order valence-corrected chi connectivity index (χ2v) is 6.53. The molecule has 4 rings (SSSR count). The quantitative estimate of drug-likeness (QED) is 0.584. The maximum Gasteiger partial charge on any atom is 0.334 e. The molecule has 1 saturated heterocycles. The Hall–Kier alpha value is -3.34. The van der Waals surface area contributed by atoms with E-state index in [0.717, 1.165) is 10.9 Å². The van der Waals surface area contributed by atoms with Gasteiger partial charge in [-0.2, -0.15) is 0 Å². The predicted molar refractivity (Wildman–Crippen MR) is 97.8 cm³/mol. The second kappa shape index (κ2) is 5.88. The van der Waals surface area contributed by atoms with E-state index in [-0.39, 0.29) is 17.9 Å². The molecule has 2 heterocycles. The maximum absolute atomic E-state index is 12.6. The van der Waals surface area contributed by atoms with E-state index in [4.69, 9.17) is 4.74 Å². The van der Waals surface area contributed by atoms with Crippen molar-refractivity contribution in [3.8, 4) is 5.75 Å². The van der Waals surface area contributed by atoms with E-state index in [0.29, 0.717) is 17.5 Å². The molecule has 0 saturated carbocycles. The van der Waals surface area contributed by atoms with Crippen molar-refractivity contribution < 1.29 is 14.6 Å². The highest BCUT2D eigenvalue weighted by atomic mass is 16.6. The van der Waals surface area contributed by atoms with Gasteiger partial charge >= 0.3 is 5.97 Å². The van der Waals surface area contributed by atoms with Gasteiger partial charge in [-0.15, -0.1) is 0 Å². The number of phenols is 1. The Bertz CT molecular complexity index is 1070. The molecular weight excluding hydrogens is 330 g/mol. The summed E-state index contributed by atoms with van der Waals surface area (Å²) in [5.41, 5.74) is 0.687. The molecule has 1 aliphatic rings. The first kappa shape index (κ1) is 16.1. The molecule has 2 aromatic carbocycles. The van der Waals surface area contributed by atoms with Crippen LogP contribution in [0.15, 0.2) is 77.6 Å². The lowest BCUT2D eigenvalue weighted by Gasteiger charge is -2.29. The Labute approximate surface area is 149 Å². The highest BCUT2D eigenvalue weighted by molar-refractivity contribution is 5.90. The molecule has 1 aliphatic heterocycles. The summed E-state index contributed by atoms with van der Waals surface area (Å²) < 4.78 is 7.31. The van der Waals surface area contributed by atoms with Gasteiger partial charge < -0.3 is 14.4 Å². The van der Waals surface area contributed by atoms with Gasteiger partial charge in [-0.05, 0) is 29.8 Å². The average Bonchev–Trinajstić information content (AvgIpc) is 2.93. The summed E-state index contributed by atoms with van der Waals surface area (Å²) in [6.45, 7) is 3.97. The van der Waals surface area contributed by atoms with Crippen molar-refractivity contribution in [1.82, 2.24) is 4.57 Å². The van der Waals surface area contributed by atoms with Crippen LogP contribution in [-0.2, 0) is 21.7 Å². The molecule has 5 heteroatoms. The number of aromatic hydroxyl groups is 1. The molecule has 3 aromatic rings. The summed E-state index contributed by atoms with van der Waals surface area (Å²) in [5, 5.41) is 10.4. The number of hydrogen-bond acceptors (Lipinski definition) is 4. The number of fused-ring (bicyclic) bond motifs is 1. The molecule has 26 heavy (non-hydrogen) atoms. The molecule has 1 N–H and O–H groups in total. The molecule has 0 amide bonds. The number of pyridine rings is 1. The van der Waals surface area contributed by atoms with Gasteiger partial charge in [0.1, 0.15) is 5.75 Å². The Morgan fingerprint density at radius 2 is 1.85 bits per heavy atom. The summed E-state index contributed by atoms with van der Waals surface area (Å²) in [4.78, 5) is 24.7. The molecule has 0 aliphatic carbocycles. The van der Waals surface area contributed by atoms with Crippen LogP contribution in [0.4, 0.5) is 0 Å². The third kappa shape index (κ3) is 2.58. The first-order chi connectivity index (χ1) is 12.5. The third-order valence-corrected chi connectivity index (χ3v) is 4.76. The van der Waals surface area contributed by atoms with Crippen molar-refractivity contribution in [3.63, 3.8) is 0 Å². The Morgan fingerprint density at radius 3 is 2.54 bits per heavy atom. The number of rotatable bonds is 3. The fourth-order valence-corrected chi connectivity index (χ4v) is 3.49. The average molecular weight is 347 g/mol. The largest absolute Gasteiger partial charge is 0.508 e. The van der Waals surface area contributed by atoms with Gasteiger partial charge in [-0.25, -0.2) is 4.79 Å². The van der Waals surface area contributed by atoms with Crippen molar-refractivity contribution in [3.05, 3.63) is 88.7 Å². The number of carbonyl (C=O) groups excluding carboxylic acids is 1. The molecule has 0 spiro atoms. The molecule has 130 valence electrons. The smallest absolute Gasteiger partial charge is 0.334 e. The zero-order valence-electron chi connectivity index (χ0n) is 14.0. The van der Waals surface area contributed by atoms with Crippen molar-refractivity contribution in [1.29, 1.82) is 0 Å². The standard InChI is InChI=1S/C21H17NO4/c1-14-12-21(26-20(14)25,16-5-3-2-4-6-16)13-22-18-9-8-17(23)11-15(18)7-10-19(22)24/h2-11,23H,1,12-13H2. The van der Waals surface area contributed by atoms with Gasteiger partial charge in [0.15, 0.2) is 5.60 Å². The maximum atomic E-state index is 12.6. The highest BCUT2D eigenvalue weighted by Crippen LogP contribution is 2.40. The number of cyclic esters (lactones) is 1. The van der Waals surface area contributed by atoms with Crippen LogP contribution in [0.3, 0.4) is 0 Å². The molecule has 1 unspecified atom stereocenters. The fourth-order valence-electron chi connectivity index (χ4n) is 3.49. The third-order valence-electron chi connectivity index (χ3n) is 4.76. The first-order valence-electron chi connectivity index (χ1n) is 8.28. The Kier molecular flexibility index (Phi) is 3.65. The Balaban J connectivity index is 1.89. The summed E-state index contributed by atoms with van der Waals surface area (Å²) in [7, 11) is 0. The summed E-state index contributed by atoms with van der Waals surface area (Å²) in [6, 6.07) is 17.3. The lowest BCUT2D eigenvalue weighted by Crippen LogP contribution is -2.35. The van der Waals surface area contributed by atoms with Crippen molar-refractivity contribution in [2.45, 2.75) is 18.6 Å². The molecule has 1 aromatic heterocycles. The molecule has 1 atom stereocenters. The van der Waals surface area contributed by atoms with E-state index in [1.54, 1.807) is 22.8 Å². The van der Waals surface area contributed by atoms with Crippen molar-refractivity contribution in [2.75, 3.05) is 0 Å². The SMILES string of the molecule is C=C1CC(Cn2c(=O)ccc3cc(O)ccc32)(c2ccccc2)OC1=O. The molecule has 5 nitrogen and oxygen atoms in total. The minimum Gasteiger partial charge on any atom is -0.508 e. The minimum absolute atomic E-state index is 0.126. The van der Waals surface area contributed by atoms with Gasteiger partial charge in [0.05, 0.1) is 12.1 Å². The van der Waals surface area contributed by atoms with Crippen LogP contribution >= 0.6 is 0 Å². The minimum atomic E-state index is -0.981. The van der Waals surface area contributed by atoms with E-state index >= 15 is 0 Å².